The van der Waals surface area contributed by atoms with Crippen LogP contribution in [0.5, 0.6) is 0 Å². The summed E-state index contributed by atoms with van der Waals surface area (Å²) in [6, 6.07) is -0.820. The Morgan fingerprint density at radius 1 is 0.400 bits per heavy atom. The first-order chi connectivity index (χ1) is 39.1. The minimum Gasteiger partial charge on any atom is -0.394 e. The van der Waals surface area contributed by atoms with Crippen LogP contribution in [0.1, 0.15) is 322 Å². The van der Waals surface area contributed by atoms with E-state index >= 15 is 0 Å². The molecule has 14 heteroatoms. The van der Waals surface area contributed by atoms with Crippen molar-refractivity contribution in [1.82, 2.24) is 5.32 Å². The number of carbonyl (C=O) groups excluding carboxylic acids is 1. The van der Waals surface area contributed by atoms with Gasteiger partial charge in [0.2, 0.25) is 5.91 Å². The van der Waals surface area contributed by atoms with E-state index in [4.69, 9.17) is 18.9 Å². The van der Waals surface area contributed by atoms with Crippen molar-refractivity contribution in [2.45, 2.75) is 396 Å². The molecule has 2 aliphatic heterocycles. The van der Waals surface area contributed by atoms with Gasteiger partial charge in [0.05, 0.1) is 32.0 Å². The van der Waals surface area contributed by atoms with Gasteiger partial charge in [-0.25, -0.2) is 0 Å². The Morgan fingerprint density at radius 2 is 0.713 bits per heavy atom. The molecule has 14 nitrogen and oxygen atoms in total. The van der Waals surface area contributed by atoms with Crippen LogP contribution in [0.15, 0.2) is 0 Å². The van der Waals surface area contributed by atoms with Gasteiger partial charge in [0.1, 0.15) is 48.8 Å². The molecule has 0 spiro atoms. The Kier molecular flexibility index (Phi) is 49.1. The second-order valence-corrected chi connectivity index (χ2v) is 24.7. The highest BCUT2D eigenvalue weighted by Crippen LogP contribution is 2.30. The number of unbranched alkanes of at least 4 members (excludes halogenated alkanes) is 44. The van der Waals surface area contributed by atoms with Crippen LogP contribution >= 0.6 is 0 Å². The predicted octanol–water partition coefficient (Wildman–Crippen LogP) is 13.2. The maximum atomic E-state index is 13.2. The van der Waals surface area contributed by atoms with Crippen molar-refractivity contribution in [1.29, 1.82) is 0 Å². The summed E-state index contributed by atoms with van der Waals surface area (Å²) < 4.78 is 22.8. The minimum absolute atomic E-state index is 0.204. The Labute approximate surface area is 489 Å². The number of amides is 1. The molecule has 0 aliphatic carbocycles. The van der Waals surface area contributed by atoms with Crippen molar-refractivity contribution in [3.8, 4) is 0 Å². The standard InChI is InChI=1S/C66H129NO13/c1-3-5-7-9-11-12-13-14-15-16-17-18-19-20-21-22-23-24-25-26-27-28-29-30-31-32-33-34-35-36-37-38-39-40-41-42-44-46-48-50-58(71)67-54(55(70)49-47-45-43-10-8-6-4-2)53-77-65-63(76)61(74)64(57(52-69)79-65)80-66-62(75)60(73)59(72)56(51-68)78-66/h54-57,59-66,68-70,72-76H,3-53H2,1-2H3,(H,67,71). The van der Waals surface area contributed by atoms with Gasteiger partial charge in [-0.05, 0) is 12.8 Å². The van der Waals surface area contributed by atoms with Gasteiger partial charge in [0.25, 0.3) is 0 Å². The number of nitrogens with one attached hydrogen (secondary N) is 1. The zero-order valence-corrected chi connectivity index (χ0v) is 51.6. The molecule has 2 aliphatic rings. The summed E-state index contributed by atoms with van der Waals surface area (Å²) in [5.74, 6) is -0.204. The van der Waals surface area contributed by atoms with E-state index in [2.05, 4.69) is 19.2 Å². The molecule has 9 N–H and O–H groups in total. The number of hydrogen-bond donors (Lipinski definition) is 9. The molecule has 2 fully saturated rings. The van der Waals surface area contributed by atoms with Crippen molar-refractivity contribution in [3.63, 3.8) is 0 Å². The molecule has 0 aromatic heterocycles. The summed E-state index contributed by atoms with van der Waals surface area (Å²) in [6.07, 6.45) is 45.0. The SMILES string of the molecule is CCCCCCCCCCCCCCCCCCCCCCCCCCCCCCCCCCCCCCCCCC(=O)NC(COC1OC(CO)C(OC2OC(CO)C(O)C(O)C2O)C(O)C1O)C(O)CCCCCCCCC. The van der Waals surface area contributed by atoms with Gasteiger partial charge in [-0.3, -0.25) is 4.79 Å². The van der Waals surface area contributed by atoms with Gasteiger partial charge >= 0.3 is 0 Å². The number of rotatable bonds is 57. The number of ether oxygens (including phenoxy) is 4. The Bertz CT molecular complexity index is 1350. The Hall–Kier alpha value is -1.01. The average molecular weight is 1140 g/mol. The third kappa shape index (κ3) is 36.7. The summed E-state index contributed by atoms with van der Waals surface area (Å²) in [5, 5.41) is 86.9. The molecule has 0 aromatic carbocycles. The van der Waals surface area contributed by atoms with Crippen LogP contribution in [-0.4, -0.2) is 140 Å². The zero-order chi connectivity index (χ0) is 58.1. The van der Waals surface area contributed by atoms with E-state index in [1.165, 1.54) is 244 Å². The van der Waals surface area contributed by atoms with Crippen LogP contribution in [0.4, 0.5) is 0 Å². The fourth-order valence-electron chi connectivity index (χ4n) is 11.8. The van der Waals surface area contributed by atoms with E-state index in [0.29, 0.717) is 12.8 Å². The molecule has 0 aromatic rings. The zero-order valence-electron chi connectivity index (χ0n) is 51.6. The largest absolute Gasteiger partial charge is 0.394 e. The van der Waals surface area contributed by atoms with Crippen molar-refractivity contribution < 1.29 is 64.6 Å². The second kappa shape index (κ2) is 52.3. The molecule has 0 radical (unpaired) electrons. The topological polar surface area (TPSA) is 228 Å². The van der Waals surface area contributed by atoms with Crippen LogP contribution in [-0.2, 0) is 23.7 Å². The molecular formula is C66H129NO13. The summed E-state index contributed by atoms with van der Waals surface area (Å²) in [5.41, 5.74) is 0. The molecule has 12 unspecified atom stereocenters. The van der Waals surface area contributed by atoms with Crippen molar-refractivity contribution in [3.05, 3.63) is 0 Å². The molecule has 476 valence electrons. The van der Waals surface area contributed by atoms with E-state index in [1.807, 2.05) is 0 Å². The Balaban J connectivity index is 1.46. The monoisotopic (exact) mass is 1140 g/mol. The lowest BCUT2D eigenvalue weighted by molar-refractivity contribution is -0.359. The molecule has 0 bridgehead atoms. The molecule has 12 atom stereocenters. The lowest BCUT2D eigenvalue weighted by atomic mass is 9.97. The molecular weight excluding hydrogens is 1010 g/mol. The first kappa shape index (κ1) is 75.1. The molecule has 2 saturated heterocycles. The molecule has 2 rings (SSSR count). The highest BCUT2D eigenvalue weighted by atomic mass is 16.7. The molecule has 1 amide bonds. The fourth-order valence-corrected chi connectivity index (χ4v) is 11.8. The molecule has 80 heavy (non-hydrogen) atoms. The second-order valence-electron chi connectivity index (χ2n) is 24.7. The number of aliphatic hydroxyl groups excluding tert-OH is 8. The first-order valence-corrected chi connectivity index (χ1v) is 34.3. The van der Waals surface area contributed by atoms with Gasteiger partial charge in [0.15, 0.2) is 12.6 Å². The van der Waals surface area contributed by atoms with Gasteiger partial charge in [-0.1, -0.05) is 303 Å². The molecule has 2 heterocycles. The normalized spacial score (nSPS) is 24.1. The van der Waals surface area contributed by atoms with Gasteiger partial charge in [-0.15, -0.1) is 0 Å². The van der Waals surface area contributed by atoms with Crippen LogP contribution < -0.4 is 5.32 Å². The van der Waals surface area contributed by atoms with Crippen molar-refractivity contribution >= 4 is 5.91 Å². The predicted molar refractivity (Wildman–Crippen MR) is 323 cm³/mol. The van der Waals surface area contributed by atoms with Gasteiger partial charge in [0, 0.05) is 6.42 Å². The van der Waals surface area contributed by atoms with E-state index in [0.717, 1.165) is 51.4 Å². The van der Waals surface area contributed by atoms with Crippen LogP contribution in [0.3, 0.4) is 0 Å². The number of aliphatic hydroxyl groups is 8. The van der Waals surface area contributed by atoms with E-state index in [-0.39, 0.29) is 12.5 Å². The average Bonchev–Trinajstić information content (AvgIpc) is 3.48. The number of carbonyl (C=O) groups is 1. The lowest BCUT2D eigenvalue weighted by Gasteiger charge is -2.46. The van der Waals surface area contributed by atoms with E-state index in [1.54, 1.807) is 0 Å². The van der Waals surface area contributed by atoms with Crippen molar-refractivity contribution in [2.75, 3.05) is 19.8 Å². The minimum atomic E-state index is -1.78. The van der Waals surface area contributed by atoms with Gasteiger partial charge < -0.3 is 65.1 Å². The van der Waals surface area contributed by atoms with E-state index in [9.17, 15) is 45.6 Å². The highest BCUT2D eigenvalue weighted by molar-refractivity contribution is 5.76. The highest BCUT2D eigenvalue weighted by Gasteiger charge is 2.51. The van der Waals surface area contributed by atoms with Crippen LogP contribution in [0, 0.1) is 0 Å². The maximum absolute atomic E-state index is 13.2. The van der Waals surface area contributed by atoms with Crippen LogP contribution in [0.2, 0.25) is 0 Å². The summed E-state index contributed by atoms with van der Waals surface area (Å²) in [4.78, 5) is 13.2. The smallest absolute Gasteiger partial charge is 0.220 e. The summed E-state index contributed by atoms with van der Waals surface area (Å²) >= 11 is 0. The maximum Gasteiger partial charge on any atom is 0.220 e. The van der Waals surface area contributed by atoms with Crippen molar-refractivity contribution in [2.24, 2.45) is 0 Å². The quantitative estimate of drug-likeness (QED) is 0.0259. The van der Waals surface area contributed by atoms with Gasteiger partial charge in [-0.2, -0.15) is 0 Å². The number of hydrogen-bond acceptors (Lipinski definition) is 13. The third-order valence-corrected chi connectivity index (χ3v) is 17.3. The van der Waals surface area contributed by atoms with Crippen LogP contribution in [0.25, 0.3) is 0 Å². The first-order valence-electron chi connectivity index (χ1n) is 34.3. The lowest BCUT2D eigenvalue weighted by Crippen LogP contribution is -2.65. The summed E-state index contributed by atoms with van der Waals surface area (Å²) in [7, 11) is 0. The van der Waals surface area contributed by atoms with E-state index < -0.39 is 86.8 Å². The Morgan fingerprint density at radius 3 is 1.06 bits per heavy atom. The third-order valence-electron chi connectivity index (χ3n) is 17.3. The fraction of sp³-hybridized carbons (Fsp3) is 0.985. The molecule has 0 saturated carbocycles. The summed E-state index contributed by atoms with van der Waals surface area (Å²) in [6.45, 7) is 2.84.